The first kappa shape index (κ1) is 37.2. The van der Waals surface area contributed by atoms with Gasteiger partial charge >= 0.3 is 23.1 Å². The molecule has 0 radical (unpaired) electrons. The van der Waals surface area contributed by atoms with E-state index in [1.54, 1.807) is 12.1 Å². The molecule has 0 spiro atoms. The third-order valence-corrected chi connectivity index (χ3v) is 9.24. The number of hydrogen-bond donors (Lipinski definition) is 0. The molecule has 0 bridgehead atoms. The quantitative estimate of drug-likeness (QED) is 0.187. The van der Waals surface area contributed by atoms with Crippen molar-refractivity contribution in [1.82, 2.24) is 0 Å². The number of hydrogen-bond acceptors (Lipinski definition) is 3. The van der Waals surface area contributed by atoms with E-state index in [0.29, 0.717) is 33.5 Å². The summed E-state index contributed by atoms with van der Waals surface area (Å²) in [4.78, 5) is 1.33. The summed E-state index contributed by atoms with van der Waals surface area (Å²) < 4.78 is 0. The van der Waals surface area contributed by atoms with Crippen molar-refractivity contribution >= 4 is 34.8 Å². The Morgan fingerprint density at radius 1 is 0.500 bits per heavy atom. The fraction of sp³-hybridized carbons (Fsp3) is 0.667. The van der Waals surface area contributed by atoms with Gasteiger partial charge in [0.15, 0.2) is 0 Å². The molecule has 4 heteroatoms. The van der Waals surface area contributed by atoms with E-state index in [2.05, 4.69) is 69.2 Å². The fourth-order valence-corrected chi connectivity index (χ4v) is 7.75. The van der Waals surface area contributed by atoms with Crippen LogP contribution in [0, 0.1) is 35.5 Å². The predicted octanol–water partition coefficient (Wildman–Crippen LogP) is 10.0. The van der Waals surface area contributed by atoms with Crippen LogP contribution in [0.3, 0.4) is 0 Å². The Balaban J connectivity index is 0.00000800. The fourth-order valence-electron chi connectivity index (χ4n) is 6.79. The second kappa shape index (κ2) is 18.0. The van der Waals surface area contributed by atoms with Gasteiger partial charge in [0, 0.05) is 9.79 Å². The molecule has 0 aliphatic carbocycles. The molecule has 0 aliphatic rings. The van der Waals surface area contributed by atoms with Crippen molar-refractivity contribution in [1.29, 1.82) is 0 Å². The van der Waals surface area contributed by atoms with Crippen LogP contribution in [0.4, 0.5) is 0 Å². The Labute approximate surface area is 267 Å². The summed E-state index contributed by atoms with van der Waals surface area (Å²) in [6, 6.07) is 11.4. The Bertz CT molecular complexity index is 925. The average Bonchev–Trinajstić information content (AvgIpc) is 2.80. The first-order chi connectivity index (χ1) is 18.2. The second-order valence-corrected chi connectivity index (χ2v) is 15.0. The van der Waals surface area contributed by atoms with Crippen molar-refractivity contribution in [3.63, 3.8) is 0 Å². The van der Waals surface area contributed by atoms with Gasteiger partial charge in [-0.05, 0) is 109 Å². The van der Waals surface area contributed by atoms with E-state index in [9.17, 15) is 10.2 Å². The van der Waals surface area contributed by atoms with Crippen LogP contribution in [0.15, 0.2) is 46.2 Å². The Morgan fingerprint density at radius 2 is 0.825 bits per heavy atom. The molecule has 0 fully saturated rings. The van der Waals surface area contributed by atoms with E-state index in [1.807, 2.05) is 24.3 Å². The maximum Gasteiger partial charge on any atom is 2.00 e. The van der Waals surface area contributed by atoms with Crippen molar-refractivity contribution in [2.45, 2.75) is 129 Å². The van der Waals surface area contributed by atoms with Gasteiger partial charge in [0.2, 0.25) is 0 Å². The molecule has 2 aromatic rings. The van der Waals surface area contributed by atoms with E-state index < -0.39 is 0 Å². The maximum atomic E-state index is 12.8. The van der Waals surface area contributed by atoms with Gasteiger partial charge in [-0.3, -0.25) is 0 Å². The van der Waals surface area contributed by atoms with Crippen LogP contribution in [0.5, 0.6) is 11.5 Å². The van der Waals surface area contributed by atoms with Gasteiger partial charge in [0.05, 0.1) is 0 Å². The maximum absolute atomic E-state index is 12.8. The van der Waals surface area contributed by atoms with Crippen LogP contribution in [-0.4, -0.2) is 23.1 Å². The Morgan fingerprint density at radius 3 is 1.15 bits per heavy atom. The minimum Gasteiger partial charge on any atom is -0.872 e. The van der Waals surface area contributed by atoms with Crippen LogP contribution >= 0.6 is 11.8 Å². The average molecular weight is 577 g/mol. The van der Waals surface area contributed by atoms with E-state index in [-0.39, 0.29) is 34.6 Å². The third-order valence-electron chi connectivity index (χ3n) is 8.16. The molecule has 6 atom stereocenters. The van der Waals surface area contributed by atoms with Crippen molar-refractivity contribution < 1.29 is 10.2 Å². The van der Waals surface area contributed by atoms with Gasteiger partial charge in [-0.25, -0.2) is 0 Å². The van der Waals surface area contributed by atoms with Crippen LogP contribution in [0.2, 0.25) is 0 Å². The molecule has 6 unspecified atom stereocenters. The largest absolute Gasteiger partial charge is 2.00 e. The van der Waals surface area contributed by atoms with E-state index in [0.717, 1.165) is 36.5 Å². The molecule has 0 aromatic heterocycles. The van der Waals surface area contributed by atoms with Crippen molar-refractivity contribution in [3.05, 3.63) is 47.5 Å². The van der Waals surface area contributed by atoms with Crippen LogP contribution in [0.1, 0.15) is 131 Å². The van der Waals surface area contributed by atoms with E-state index in [4.69, 9.17) is 0 Å². The summed E-state index contributed by atoms with van der Waals surface area (Å²) in [5.41, 5.74) is 2.39. The zero-order chi connectivity index (χ0) is 29.3. The molecular weight excluding hydrogens is 521 g/mol. The van der Waals surface area contributed by atoms with Gasteiger partial charge in [-0.1, -0.05) is 117 Å². The van der Waals surface area contributed by atoms with Gasteiger partial charge in [-0.2, -0.15) is 0 Å². The Hall–Kier alpha value is -0.844. The van der Waals surface area contributed by atoms with Crippen LogP contribution in [0.25, 0.3) is 0 Å². The minimum atomic E-state index is 0. The van der Waals surface area contributed by atoms with Gasteiger partial charge in [-0.15, -0.1) is 0 Å². The zero-order valence-electron chi connectivity index (χ0n) is 27.3. The molecule has 0 N–H and O–H groups in total. The molecule has 0 saturated heterocycles. The van der Waals surface area contributed by atoms with E-state index in [1.165, 1.54) is 48.6 Å². The van der Waals surface area contributed by atoms with E-state index >= 15 is 0 Å². The molecule has 0 amide bonds. The molecule has 0 aliphatic heterocycles. The predicted molar refractivity (Wildman–Crippen MR) is 173 cm³/mol. The molecule has 40 heavy (non-hydrogen) atoms. The standard InChI is InChI=1S/C36H58O2S.Mg/c1-23(2)15-25(5)17-27(7)19-29(9)31-11-13-33(37)35(21-31)39-36-22-32(12-14-34(36)38)30(10)20-28(8)18-26(6)16-24(3)4;/h11-14,21-30,37-38H,15-20H2,1-10H3;/q;+2/p-2. The van der Waals surface area contributed by atoms with Gasteiger partial charge < -0.3 is 10.2 Å². The smallest absolute Gasteiger partial charge is 0.872 e. The molecule has 2 aromatic carbocycles. The second-order valence-electron chi connectivity index (χ2n) is 13.9. The molecule has 2 nitrogen and oxygen atoms in total. The van der Waals surface area contributed by atoms with Gasteiger partial charge in [0.1, 0.15) is 0 Å². The SMILES string of the molecule is CC(C)CC(C)CC(C)CC(C)c1ccc([O-])c(Sc2cc(C(C)CC(C)CC(C)CC(C)C)ccc2[O-])c1.[Mg+2]. The molecule has 220 valence electrons. The topological polar surface area (TPSA) is 46.1 Å². The summed E-state index contributed by atoms with van der Waals surface area (Å²) in [5, 5.41) is 25.6. The summed E-state index contributed by atoms with van der Waals surface area (Å²) in [6.45, 7) is 23.2. The number of benzene rings is 2. The van der Waals surface area contributed by atoms with Crippen molar-refractivity contribution in [3.8, 4) is 11.5 Å². The van der Waals surface area contributed by atoms with Gasteiger partial charge in [0.25, 0.3) is 0 Å². The summed E-state index contributed by atoms with van der Waals surface area (Å²) in [6.07, 6.45) is 7.25. The third kappa shape index (κ3) is 13.0. The van der Waals surface area contributed by atoms with Crippen molar-refractivity contribution in [2.24, 2.45) is 35.5 Å². The molecule has 0 saturated carbocycles. The molecule has 0 heterocycles. The Kier molecular flexibility index (Phi) is 16.7. The minimum absolute atomic E-state index is 0. The van der Waals surface area contributed by atoms with Crippen molar-refractivity contribution in [2.75, 3.05) is 0 Å². The summed E-state index contributed by atoms with van der Waals surface area (Å²) >= 11 is 1.35. The zero-order valence-corrected chi connectivity index (χ0v) is 29.5. The first-order valence-electron chi connectivity index (χ1n) is 15.5. The summed E-state index contributed by atoms with van der Waals surface area (Å²) in [5.74, 6) is 4.98. The molecule has 2 rings (SSSR count). The normalized spacial score (nSPS) is 16.3. The molecular formula is C36H56MgO2S. The summed E-state index contributed by atoms with van der Waals surface area (Å²) in [7, 11) is 0. The monoisotopic (exact) mass is 576 g/mol. The first-order valence-corrected chi connectivity index (χ1v) is 16.4. The van der Waals surface area contributed by atoms with Crippen LogP contribution < -0.4 is 10.2 Å². The number of rotatable bonds is 16. The van der Waals surface area contributed by atoms with Crippen LogP contribution in [-0.2, 0) is 0 Å².